The summed E-state index contributed by atoms with van der Waals surface area (Å²) in [5.41, 5.74) is 0.851. The van der Waals surface area contributed by atoms with Gasteiger partial charge in [0.2, 0.25) is 5.28 Å². The zero-order chi connectivity index (χ0) is 21.5. The molecule has 30 heavy (non-hydrogen) atoms. The number of halogens is 1. The molecular weight excluding hydrogens is 437 g/mol. The van der Waals surface area contributed by atoms with E-state index in [0.29, 0.717) is 17.0 Å². The molecule has 2 fully saturated rings. The minimum atomic E-state index is -4.13. The van der Waals surface area contributed by atoms with Crippen LogP contribution in [0.1, 0.15) is 44.8 Å². The lowest BCUT2D eigenvalue weighted by Crippen LogP contribution is -2.31. The minimum absolute atomic E-state index is 0.0241. The Morgan fingerprint density at radius 1 is 1.23 bits per heavy atom. The Morgan fingerprint density at radius 2 is 1.97 bits per heavy atom. The topological polar surface area (TPSA) is 163 Å². The van der Waals surface area contributed by atoms with Crippen LogP contribution >= 0.6 is 19.2 Å². The Hall–Kier alpha value is -1.33. The first-order valence-electron chi connectivity index (χ1n) is 9.96. The fraction of sp³-hybridized carbons (Fsp3) is 0.706. The second-order valence-corrected chi connectivity index (χ2v) is 9.98. The number of nitrogens with one attached hydrogen (secondary N) is 1. The lowest BCUT2D eigenvalue weighted by Gasteiger charge is -2.17. The number of imidazole rings is 1. The van der Waals surface area contributed by atoms with Gasteiger partial charge in [0, 0.05) is 12.2 Å². The highest BCUT2D eigenvalue weighted by Crippen LogP contribution is 2.38. The molecule has 11 nitrogen and oxygen atoms in total. The number of nitrogens with zero attached hydrogens (tertiary/aromatic N) is 4. The number of aromatic nitrogens is 4. The smallest absolute Gasteiger partial charge is 0.325 e. The summed E-state index contributed by atoms with van der Waals surface area (Å²) in [5.74, 6) is 0.516. The molecule has 13 heteroatoms. The summed E-state index contributed by atoms with van der Waals surface area (Å²) >= 11 is 6.12. The van der Waals surface area contributed by atoms with Gasteiger partial charge in [-0.3, -0.25) is 9.13 Å². The summed E-state index contributed by atoms with van der Waals surface area (Å²) in [6.07, 6.45) is 1.65. The molecule has 2 aliphatic rings. The third-order valence-corrected chi connectivity index (χ3v) is 6.71. The van der Waals surface area contributed by atoms with Gasteiger partial charge < -0.3 is 30.1 Å². The Kier molecular flexibility index (Phi) is 6.32. The van der Waals surface area contributed by atoms with Crippen molar-refractivity contribution in [1.82, 2.24) is 19.5 Å². The highest BCUT2D eigenvalue weighted by molar-refractivity contribution is 7.51. The van der Waals surface area contributed by atoms with E-state index >= 15 is 0 Å². The van der Waals surface area contributed by atoms with Crippen molar-refractivity contribution in [2.24, 2.45) is 0 Å². The van der Waals surface area contributed by atoms with Crippen LogP contribution in [0.4, 0.5) is 5.82 Å². The average Bonchev–Trinajstić information content (AvgIpc) is 3.37. The summed E-state index contributed by atoms with van der Waals surface area (Å²) in [7, 11) is -4.13. The molecule has 4 rings (SSSR count). The van der Waals surface area contributed by atoms with Crippen molar-refractivity contribution in [3.05, 3.63) is 11.6 Å². The maximum Gasteiger partial charge on any atom is 0.325 e. The summed E-state index contributed by atoms with van der Waals surface area (Å²) < 4.78 is 18.3. The minimum Gasteiger partial charge on any atom is -0.388 e. The predicted octanol–water partition coefficient (Wildman–Crippen LogP) is 1.41. The quantitative estimate of drug-likeness (QED) is 0.301. The summed E-state index contributed by atoms with van der Waals surface area (Å²) in [6, 6.07) is 0.290. The van der Waals surface area contributed by atoms with Gasteiger partial charge in [-0.15, -0.1) is 0 Å². The zero-order valence-electron chi connectivity index (χ0n) is 16.1. The molecule has 4 atom stereocenters. The van der Waals surface area contributed by atoms with Crippen LogP contribution in [0.5, 0.6) is 0 Å². The van der Waals surface area contributed by atoms with Crippen LogP contribution in [-0.4, -0.2) is 70.0 Å². The number of aliphatic hydroxyl groups is 2. The summed E-state index contributed by atoms with van der Waals surface area (Å²) in [4.78, 5) is 30.9. The van der Waals surface area contributed by atoms with Crippen LogP contribution in [0.3, 0.4) is 0 Å². The second-order valence-electron chi connectivity index (χ2n) is 7.87. The zero-order valence-corrected chi connectivity index (χ0v) is 17.8. The Balaban J connectivity index is 1.55. The first-order chi connectivity index (χ1) is 14.2. The van der Waals surface area contributed by atoms with Crippen molar-refractivity contribution in [3.8, 4) is 0 Å². The lowest BCUT2D eigenvalue weighted by molar-refractivity contribution is -0.0370. The van der Waals surface area contributed by atoms with Crippen molar-refractivity contribution in [2.75, 3.05) is 11.5 Å². The number of anilines is 1. The third-order valence-electron chi connectivity index (χ3n) is 5.64. The molecular formula is C17H25ClN5O6P. The molecule has 166 valence electrons. The molecule has 5 N–H and O–H groups in total. The van der Waals surface area contributed by atoms with E-state index in [0.717, 1.165) is 25.7 Å². The molecule has 0 bridgehead atoms. The first kappa shape index (κ1) is 21.9. The molecule has 1 saturated heterocycles. The Labute approximate surface area is 177 Å². The Morgan fingerprint density at radius 3 is 2.67 bits per heavy atom. The molecule has 0 aromatic carbocycles. The molecule has 3 heterocycles. The van der Waals surface area contributed by atoms with Gasteiger partial charge in [0.15, 0.2) is 23.2 Å². The normalized spacial score (nSPS) is 27.9. The number of hydrogen-bond donors (Lipinski definition) is 5. The molecule has 0 amide bonds. The van der Waals surface area contributed by atoms with Crippen molar-refractivity contribution >= 4 is 36.2 Å². The molecule has 0 spiro atoms. The van der Waals surface area contributed by atoms with E-state index in [4.69, 9.17) is 26.1 Å². The van der Waals surface area contributed by atoms with Crippen molar-refractivity contribution in [1.29, 1.82) is 0 Å². The van der Waals surface area contributed by atoms with E-state index in [1.807, 2.05) is 0 Å². The van der Waals surface area contributed by atoms with Gasteiger partial charge in [-0.1, -0.05) is 12.8 Å². The monoisotopic (exact) mass is 461 g/mol. The summed E-state index contributed by atoms with van der Waals surface area (Å²) in [6.45, 7) is 0. The maximum atomic E-state index is 11.0. The number of hydrogen-bond acceptors (Lipinski definition) is 8. The van der Waals surface area contributed by atoms with Gasteiger partial charge in [-0.05, 0) is 37.3 Å². The van der Waals surface area contributed by atoms with Gasteiger partial charge in [0.1, 0.15) is 12.2 Å². The number of rotatable bonds is 7. The SMILES string of the molecule is O=P(O)(O)CCC[C@H]1O[C@@H](n2cnc3c(NC4CCCC4)nc(Cl)nc32)[C@@H](O)C1O. The largest absolute Gasteiger partial charge is 0.388 e. The highest BCUT2D eigenvalue weighted by Gasteiger charge is 2.44. The van der Waals surface area contributed by atoms with Gasteiger partial charge in [0.05, 0.1) is 12.4 Å². The molecule has 1 saturated carbocycles. The molecule has 1 unspecified atom stereocenters. The highest BCUT2D eigenvalue weighted by atomic mass is 35.5. The average molecular weight is 462 g/mol. The van der Waals surface area contributed by atoms with Crippen molar-refractivity contribution in [2.45, 2.75) is 69.1 Å². The predicted molar refractivity (Wildman–Crippen MR) is 108 cm³/mol. The van der Waals surface area contributed by atoms with Crippen molar-refractivity contribution in [3.63, 3.8) is 0 Å². The standard InChI is InChI=1S/C17H25ClN5O6P/c18-17-21-14(20-9-4-1-2-5-9)11-15(22-17)23(8-19-11)16-13(25)12(24)10(29-16)6-3-7-30(26,27)28/h8-10,12-13,16,24-25H,1-7H2,(H,20,21,22)(H2,26,27,28)/t10-,12?,13+,16-/m1/s1. The van der Waals surface area contributed by atoms with E-state index in [9.17, 15) is 14.8 Å². The third kappa shape index (κ3) is 4.62. The van der Waals surface area contributed by atoms with Gasteiger partial charge >= 0.3 is 7.60 Å². The lowest BCUT2D eigenvalue weighted by atomic mass is 10.1. The van der Waals surface area contributed by atoms with Crippen LogP contribution < -0.4 is 5.32 Å². The van der Waals surface area contributed by atoms with Gasteiger partial charge in [-0.2, -0.15) is 9.97 Å². The van der Waals surface area contributed by atoms with E-state index in [2.05, 4.69) is 20.3 Å². The fourth-order valence-electron chi connectivity index (χ4n) is 4.14. The van der Waals surface area contributed by atoms with Crippen LogP contribution in [0.25, 0.3) is 11.2 Å². The van der Waals surface area contributed by atoms with Crippen LogP contribution in [0.2, 0.25) is 5.28 Å². The van der Waals surface area contributed by atoms with Gasteiger partial charge in [0.25, 0.3) is 0 Å². The molecule has 2 aromatic rings. The maximum absolute atomic E-state index is 11.0. The van der Waals surface area contributed by atoms with Crippen LogP contribution in [-0.2, 0) is 9.30 Å². The van der Waals surface area contributed by atoms with E-state index in [1.54, 1.807) is 0 Å². The van der Waals surface area contributed by atoms with Crippen LogP contribution in [0, 0.1) is 0 Å². The number of fused-ring (bicyclic) bond motifs is 1. The van der Waals surface area contributed by atoms with Crippen LogP contribution in [0.15, 0.2) is 6.33 Å². The first-order valence-corrected chi connectivity index (χ1v) is 12.1. The van der Waals surface area contributed by atoms with Gasteiger partial charge in [-0.25, -0.2) is 4.98 Å². The second kappa shape index (κ2) is 8.66. The molecule has 0 radical (unpaired) electrons. The molecule has 1 aliphatic carbocycles. The molecule has 1 aliphatic heterocycles. The Bertz CT molecular complexity index is 948. The van der Waals surface area contributed by atoms with E-state index < -0.39 is 32.1 Å². The molecule has 2 aromatic heterocycles. The fourth-order valence-corrected chi connectivity index (χ4v) is 4.90. The number of aliphatic hydroxyl groups excluding tert-OH is 2. The number of ether oxygens (including phenoxy) is 1. The van der Waals surface area contributed by atoms with E-state index in [1.165, 1.54) is 10.9 Å². The van der Waals surface area contributed by atoms with E-state index in [-0.39, 0.29) is 30.3 Å². The summed E-state index contributed by atoms with van der Waals surface area (Å²) in [5, 5.41) is 24.3. The van der Waals surface area contributed by atoms with Crippen molar-refractivity contribution < 1.29 is 29.3 Å².